The Bertz CT molecular complexity index is 454. The summed E-state index contributed by atoms with van der Waals surface area (Å²) in [4.78, 5) is 10.6. The molecule has 0 aliphatic carbocycles. The van der Waals surface area contributed by atoms with E-state index in [4.69, 9.17) is 15.7 Å². The second-order valence-corrected chi connectivity index (χ2v) is 4.30. The van der Waals surface area contributed by atoms with Crippen LogP contribution in [0.25, 0.3) is 0 Å². The van der Waals surface area contributed by atoms with Gasteiger partial charge in [-0.15, -0.1) is 0 Å². The van der Waals surface area contributed by atoms with Gasteiger partial charge in [0.25, 0.3) is 0 Å². The van der Waals surface area contributed by atoms with Gasteiger partial charge in [0.05, 0.1) is 12.8 Å². The molecule has 1 aromatic heterocycles. The van der Waals surface area contributed by atoms with E-state index in [9.17, 15) is 0 Å². The Morgan fingerprint density at radius 1 is 1.67 bits per heavy atom. The number of nitriles is 1. The van der Waals surface area contributed by atoms with Crippen LogP contribution >= 0.6 is 0 Å². The Hall–Kier alpha value is -1.71. The molecule has 6 nitrogen and oxygen atoms in total. The Balaban J connectivity index is 2.11. The first-order chi connectivity index (χ1) is 8.74. The van der Waals surface area contributed by atoms with Crippen molar-refractivity contribution in [1.82, 2.24) is 14.9 Å². The van der Waals surface area contributed by atoms with Crippen LogP contribution in [0.1, 0.15) is 30.8 Å². The highest BCUT2D eigenvalue weighted by Gasteiger charge is 2.24. The summed E-state index contributed by atoms with van der Waals surface area (Å²) in [5.41, 5.74) is 5.99. The molecule has 1 unspecified atom stereocenters. The SMILES string of the molecule is CCCN1CCOC(c2ncc(C#N)c(N)n2)C1. The molecule has 1 aliphatic heterocycles. The fourth-order valence-electron chi connectivity index (χ4n) is 2.03. The molecule has 1 saturated heterocycles. The number of nitrogens with two attached hydrogens (primary N) is 1. The monoisotopic (exact) mass is 247 g/mol. The van der Waals surface area contributed by atoms with Gasteiger partial charge in [-0.3, -0.25) is 4.90 Å². The summed E-state index contributed by atoms with van der Waals surface area (Å²) in [5, 5.41) is 8.78. The van der Waals surface area contributed by atoms with Gasteiger partial charge in [-0.2, -0.15) is 5.26 Å². The van der Waals surface area contributed by atoms with Gasteiger partial charge in [0.1, 0.15) is 23.6 Å². The van der Waals surface area contributed by atoms with Gasteiger partial charge in [0.2, 0.25) is 0 Å². The number of hydrogen-bond donors (Lipinski definition) is 1. The minimum atomic E-state index is -0.152. The van der Waals surface area contributed by atoms with E-state index in [1.54, 1.807) is 0 Å². The van der Waals surface area contributed by atoms with E-state index in [0.29, 0.717) is 18.0 Å². The van der Waals surface area contributed by atoms with Gasteiger partial charge < -0.3 is 10.5 Å². The van der Waals surface area contributed by atoms with E-state index < -0.39 is 0 Å². The molecule has 1 atom stereocenters. The maximum atomic E-state index is 8.78. The van der Waals surface area contributed by atoms with E-state index in [0.717, 1.165) is 26.1 Å². The quantitative estimate of drug-likeness (QED) is 0.846. The predicted octanol–water partition coefficient (Wildman–Crippen LogP) is 0.714. The van der Waals surface area contributed by atoms with Crippen molar-refractivity contribution in [3.63, 3.8) is 0 Å². The van der Waals surface area contributed by atoms with Gasteiger partial charge in [-0.1, -0.05) is 6.92 Å². The fraction of sp³-hybridized carbons (Fsp3) is 0.583. The molecule has 0 saturated carbocycles. The zero-order valence-corrected chi connectivity index (χ0v) is 10.5. The highest BCUT2D eigenvalue weighted by atomic mass is 16.5. The number of nitrogen functional groups attached to an aromatic ring is 1. The lowest BCUT2D eigenvalue weighted by molar-refractivity contribution is -0.0341. The number of morpholine rings is 1. The van der Waals surface area contributed by atoms with E-state index in [1.807, 2.05) is 6.07 Å². The van der Waals surface area contributed by atoms with Crippen molar-refractivity contribution in [2.45, 2.75) is 19.4 Å². The summed E-state index contributed by atoms with van der Waals surface area (Å²) in [5.74, 6) is 0.783. The van der Waals surface area contributed by atoms with E-state index in [2.05, 4.69) is 21.8 Å². The third-order valence-electron chi connectivity index (χ3n) is 2.94. The van der Waals surface area contributed by atoms with Crippen molar-refractivity contribution < 1.29 is 4.74 Å². The number of anilines is 1. The minimum absolute atomic E-state index is 0.152. The van der Waals surface area contributed by atoms with Crippen LogP contribution in [0.3, 0.4) is 0 Å². The summed E-state index contributed by atoms with van der Waals surface area (Å²) in [6.07, 6.45) is 2.42. The van der Waals surface area contributed by atoms with Gasteiger partial charge in [-0.05, 0) is 13.0 Å². The largest absolute Gasteiger partial charge is 0.382 e. The van der Waals surface area contributed by atoms with Crippen LogP contribution in [0.2, 0.25) is 0 Å². The van der Waals surface area contributed by atoms with Crippen LogP contribution in [0.5, 0.6) is 0 Å². The molecular weight excluding hydrogens is 230 g/mol. The van der Waals surface area contributed by atoms with Crippen molar-refractivity contribution in [2.24, 2.45) is 0 Å². The summed E-state index contributed by atoms with van der Waals surface area (Å²) >= 11 is 0. The Kier molecular flexibility index (Phi) is 4.07. The van der Waals surface area contributed by atoms with Crippen LogP contribution in [0.4, 0.5) is 5.82 Å². The lowest BCUT2D eigenvalue weighted by atomic mass is 10.2. The number of aromatic nitrogens is 2. The smallest absolute Gasteiger partial charge is 0.160 e. The van der Waals surface area contributed by atoms with Crippen molar-refractivity contribution in [1.29, 1.82) is 5.26 Å². The molecule has 0 radical (unpaired) electrons. The van der Waals surface area contributed by atoms with Crippen LogP contribution in [-0.4, -0.2) is 41.1 Å². The molecule has 0 amide bonds. The Morgan fingerprint density at radius 2 is 2.50 bits per heavy atom. The van der Waals surface area contributed by atoms with E-state index in [-0.39, 0.29) is 11.9 Å². The number of nitrogens with zero attached hydrogens (tertiary/aromatic N) is 4. The number of rotatable bonds is 3. The Morgan fingerprint density at radius 3 is 3.17 bits per heavy atom. The standard InChI is InChI=1S/C12H17N5O/c1-2-3-17-4-5-18-10(8-17)12-15-7-9(6-13)11(14)16-12/h7,10H,2-5,8H2,1H3,(H2,14,15,16). The first-order valence-electron chi connectivity index (χ1n) is 6.11. The van der Waals surface area contributed by atoms with Crippen LogP contribution < -0.4 is 5.73 Å². The molecule has 2 N–H and O–H groups in total. The zero-order valence-electron chi connectivity index (χ0n) is 10.5. The lowest BCUT2D eigenvalue weighted by Gasteiger charge is -2.31. The minimum Gasteiger partial charge on any atom is -0.382 e. The lowest BCUT2D eigenvalue weighted by Crippen LogP contribution is -2.39. The molecule has 1 fully saturated rings. The molecular formula is C12H17N5O. The zero-order chi connectivity index (χ0) is 13.0. The molecule has 0 aromatic carbocycles. The molecule has 2 heterocycles. The summed E-state index contributed by atoms with van der Waals surface area (Å²) in [6.45, 7) is 5.59. The van der Waals surface area contributed by atoms with Crippen molar-refractivity contribution in [3.05, 3.63) is 17.6 Å². The first kappa shape index (κ1) is 12.7. The fourth-order valence-corrected chi connectivity index (χ4v) is 2.03. The average molecular weight is 247 g/mol. The Labute approximate surface area is 106 Å². The summed E-state index contributed by atoms with van der Waals surface area (Å²) < 4.78 is 5.66. The van der Waals surface area contributed by atoms with Gasteiger partial charge in [0.15, 0.2) is 5.82 Å². The van der Waals surface area contributed by atoms with Crippen molar-refractivity contribution in [3.8, 4) is 6.07 Å². The molecule has 1 aliphatic rings. The van der Waals surface area contributed by atoms with Crippen molar-refractivity contribution >= 4 is 5.82 Å². The third kappa shape index (κ3) is 2.75. The predicted molar refractivity (Wildman–Crippen MR) is 66.6 cm³/mol. The van der Waals surface area contributed by atoms with Crippen LogP contribution in [0, 0.1) is 11.3 Å². The van der Waals surface area contributed by atoms with Crippen molar-refractivity contribution in [2.75, 3.05) is 32.0 Å². The molecule has 2 rings (SSSR count). The average Bonchev–Trinajstić information content (AvgIpc) is 2.39. The topological polar surface area (TPSA) is 88.1 Å². The van der Waals surface area contributed by atoms with Crippen LogP contribution in [0.15, 0.2) is 6.20 Å². The molecule has 0 spiro atoms. The van der Waals surface area contributed by atoms with E-state index >= 15 is 0 Å². The second kappa shape index (κ2) is 5.76. The second-order valence-electron chi connectivity index (χ2n) is 4.30. The molecule has 1 aromatic rings. The van der Waals surface area contributed by atoms with Crippen LogP contribution in [-0.2, 0) is 4.74 Å². The third-order valence-corrected chi connectivity index (χ3v) is 2.94. The highest BCUT2D eigenvalue weighted by molar-refractivity contribution is 5.46. The highest BCUT2D eigenvalue weighted by Crippen LogP contribution is 2.20. The summed E-state index contributed by atoms with van der Waals surface area (Å²) in [7, 11) is 0. The van der Waals surface area contributed by atoms with Gasteiger partial charge in [0, 0.05) is 13.1 Å². The molecule has 96 valence electrons. The molecule has 18 heavy (non-hydrogen) atoms. The molecule has 6 heteroatoms. The first-order valence-corrected chi connectivity index (χ1v) is 6.11. The number of ether oxygens (including phenoxy) is 1. The van der Waals surface area contributed by atoms with Gasteiger partial charge in [-0.25, -0.2) is 9.97 Å². The molecule has 0 bridgehead atoms. The maximum absolute atomic E-state index is 8.78. The van der Waals surface area contributed by atoms with Gasteiger partial charge >= 0.3 is 0 Å². The summed E-state index contributed by atoms with van der Waals surface area (Å²) in [6, 6.07) is 1.95. The maximum Gasteiger partial charge on any atom is 0.160 e. The number of hydrogen-bond acceptors (Lipinski definition) is 6. The normalized spacial score (nSPS) is 20.6. The van der Waals surface area contributed by atoms with E-state index in [1.165, 1.54) is 6.20 Å².